The number of para-hydroxylation sites is 1. The highest BCUT2D eigenvalue weighted by Gasteiger charge is 2.13. The summed E-state index contributed by atoms with van der Waals surface area (Å²) >= 11 is 7.87. The number of nitrogens with zero attached hydrogens (tertiary/aromatic N) is 1. The van der Waals surface area contributed by atoms with E-state index in [0.29, 0.717) is 25.5 Å². The largest absolute Gasteiger partial charge is 0.455 e. The first-order valence-corrected chi connectivity index (χ1v) is 6.96. The van der Waals surface area contributed by atoms with E-state index in [2.05, 4.69) is 4.98 Å². The maximum atomic E-state index is 12.3. The molecule has 2 aromatic heterocycles. The van der Waals surface area contributed by atoms with Crippen molar-refractivity contribution in [2.45, 2.75) is 0 Å². The van der Waals surface area contributed by atoms with E-state index in [4.69, 9.17) is 16.0 Å². The van der Waals surface area contributed by atoms with Crippen LogP contribution in [0.2, 0.25) is 5.15 Å². The van der Waals surface area contributed by atoms with Crippen LogP contribution in [0.25, 0.3) is 22.3 Å². The van der Waals surface area contributed by atoms with Gasteiger partial charge in [0.05, 0.1) is 5.39 Å². The Labute approximate surface area is 127 Å². The van der Waals surface area contributed by atoms with E-state index >= 15 is 0 Å². The molecule has 0 atom stereocenters. The zero-order chi connectivity index (χ0) is 13.4. The summed E-state index contributed by atoms with van der Waals surface area (Å²) in [4.78, 5) is 16.2. The Balaban J connectivity index is 2.36. The van der Waals surface area contributed by atoms with E-state index < -0.39 is 0 Å². The van der Waals surface area contributed by atoms with Crippen LogP contribution in [-0.4, -0.2) is 4.98 Å². The second-order valence-electron chi connectivity index (χ2n) is 3.94. The van der Waals surface area contributed by atoms with Crippen molar-refractivity contribution in [1.29, 1.82) is 0 Å². The number of hydrogen-bond donors (Lipinski definition) is 0. The van der Waals surface area contributed by atoms with E-state index in [1.54, 1.807) is 30.5 Å². The van der Waals surface area contributed by atoms with Gasteiger partial charge in [-0.15, -0.1) is 0 Å². The first-order chi connectivity index (χ1) is 9.16. The van der Waals surface area contributed by atoms with Crippen molar-refractivity contribution in [2.24, 2.45) is 0 Å². The zero-order valence-electron chi connectivity index (χ0n) is 9.56. The van der Waals surface area contributed by atoms with Gasteiger partial charge >= 0.3 is 0 Å². The van der Waals surface area contributed by atoms with Crippen LogP contribution in [0.15, 0.2) is 51.8 Å². The molecule has 0 aliphatic carbocycles. The fraction of sp³-hybridized carbons (Fsp3) is 0. The quantitative estimate of drug-likeness (QED) is 0.469. The van der Waals surface area contributed by atoms with Gasteiger partial charge in [0.1, 0.15) is 14.3 Å². The summed E-state index contributed by atoms with van der Waals surface area (Å²) in [5, 5.41) is 0.944. The highest BCUT2D eigenvalue weighted by Crippen LogP contribution is 2.27. The summed E-state index contributed by atoms with van der Waals surface area (Å²) in [6.07, 6.45) is 1.59. The van der Waals surface area contributed by atoms with E-state index in [0.717, 1.165) is 5.56 Å². The Bertz CT molecular complexity index is 829. The number of fused-ring (bicyclic) bond motifs is 1. The van der Waals surface area contributed by atoms with Gasteiger partial charge in [-0.25, -0.2) is 4.98 Å². The van der Waals surface area contributed by atoms with Gasteiger partial charge in [0.15, 0.2) is 5.76 Å². The van der Waals surface area contributed by atoms with Crippen LogP contribution in [0, 0.1) is 3.57 Å². The standard InChI is InChI=1S/C14H7ClINO2/c15-11-7-8(5-6-17-11)14-12(16)13(18)9-3-1-2-4-10(9)19-14/h1-7H. The van der Waals surface area contributed by atoms with Crippen molar-refractivity contribution in [2.75, 3.05) is 0 Å². The Morgan fingerprint density at radius 3 is 2.79 bits per heavy atom. The molecule has 0 saturated carbocycles. The maximum absolute atomic E-state index is 12.3. The minimum absolute atomic E-state index is 0.0367. The molecule has 2 heterocycles. The van der Waals surface area contributed by atoms with E-state index in [9.17, 15) is 4.79 Å². The number of benzene rings is 1. The summed E-state index contributed by atoms with van der Waals surface area (Å²) in [5.74, 6) is 0.522. The molecule has 0 fully saturated rings. The summed E-state index contributed by atoms with van der Waals surface area (Å²) in [5.41, 5.74) is 1.27. The molecule has 0 N–H and O–H groups in total. The summed E-state index contributed by atoms with van der Waals surface area (Å²) in [6, 6.07) is 10.6. The number of hydrogen-bond acceptors (Lipinski definition) is 3. The minimum atomic E-state index is -0.0367. The molecular weight excluding hydrogens is 377 g/mol. The van der Waals surface area contributed by atoms with Crippen LogP contribution in [0.3, 0.4) is 0 Å². The lowest BCUT2D eigenvalue weighted by molar-refractivity contribution is 0.615. The molecule has 0 aliphatic heterocycles. The van der Waals surface area contributed by atoms with Crippen LogP contribution in [-0.2, 0) is 0 Å². The molecule has 94 valence electrons. The molecule has 3 aromatic rings. The first-order valence-electron chi connectivity index (χ1n) is 5.50. The number of pyridine rings is 1. The topological polar surface area (TPSA) is 43.1 Å². The molecule has 0 aliphatic rings. The normalized spacial score (nSPS) is 10.8. The fourth-order valence-corrected chi connectivity index (χ4v) is 2.73. The van der Waals surface area contributed by atoms with Crippen molar-refractivity contribution >= 4 is 45.2 Å². The second kappa shape index (κ2) is 4.94. The molecule has 0 unspecified atom stereocenters. The van der Waals surface area contributed by atoms with Crippen molar-refractivity contribution in [1.82, 2.24) is 4.98 Å². The van der Waals surface area contributed by atoms with Crippen molar-refractivity contribution < 1.29 is 4.42 Å². The van der Waals surface area contributed by atoms with Crippen molar-refractivity contribution in [3.05, 3.63) is 61.5 Å². The molecule has 3 nitrogen and oxygen atoms in total. The SMILES string of the molecule is O=c1c(I)c(-c2ccnc(Cl)c2)oc2ccccc12. The lowest BCUT2D eigenvalue weighted by Gasteiger charge is -2.05. The van der Waals surface area contributed by atoms with E-state index in [1.165, 1.54) is 0 Å². The Kier molecular flexibility index (Phi) is 3.28. The number of halogens is 2. The van der Waals surface area contributed by atoms with Gasteiger partial charge in [-0.2, -0.15) is 0 Å². The van der Waals surface area contributed by atoms with Crippen LogP contribution in [0.4, 0.5) is 0 Å². The molecule has 5 heteroatoms. The monoisotopic (exact) mass is 383 g/mol. The summed E-state index contributed by atoms with van der Waals surface area (Å²) < 4.78 is 6.36. The highest BCUT2D eigenvalue weighted by atomic mass is 127. The Morgan fingerprint density at radius 2 is 2.00 bits per heavy atom. The Hall–Kier alpha value is -1.40. The lowest BCUT2D eigenvalue weighted by Crippen LogP contribution is -2.07. The van der Waals surface area contributed by atoms with Gasteiger partial charge in [0.2, 0.25) is 5.43 Å². The highest BCUT2D eigenvalue weighted by molar-refractivity contribution is 14.1. The molecule has 0 saturated heterocycles. The predicted molar refractivity (Wildman–Crippen MR) is 83.4 cm³/mol. The van der Waals surface area contributed by atoms with E-state index in [-0.39, 0.29) is 5.43 Å². The third-order valence-electron chi connectivity index (χ3n) is 2.73. The molecule has 3 rings (SSSR count). The molecule has 19 heavy (non-hydrogen) atoms. The molecule has 0 bridgehead atoms. The molecular formula is C14H7ClINO2. The molecule has 0 radical (unpaired) electrons. The van der Waals surface area contributed by atoms with Gasteiger partial charge in [-0.1, -0.05) is 23.7 Å². The minimum Gasteiger partial charge on any atom is -0.455 e. The van der Waals surface area contributed by atoms with Gasteiger partial charge in [0.25, 0.3) is 0 Å². The second-order valence-corrected chi connectivity index (χ2v) is 5.40. The fourth-order valence-electron chi connectivity index (χ4n) is 1.85. The van der Waals surface area contributed by atoms with Gasteiger partial charge in [-0.3, -0.25) is 4.79 Å². The zero-order valence-corrected chi connectivity index (χ0v) is 12.5. The van der Waals surface area contributed by atoms with Gasteiger partial charge < -0.3 is 4.42 Å². The van der Waals surface area contributed by atoms with Crippen LogP contribution in [0.1, 0.15) is 0 Å². The molecule has 1 aromatic carbocycles. The average Bonchev–Trinajstić information content (AvgIpc) is 2.43. The van der Waals surface area contributed by atoms with Gasteiger partial charge in [-0.05, 0) is 46.9 Å². The van der Waals surface area contributed by atoms with Crippen LogP contribution >= 0.6 is 34.2 Å². The third-order valence-corrected chi connectivity index (χ3v) is 3.92. The number of aromatic nitrogens is 1. The number of rotatable bonds is 1. The van der Waals surface area contributed by atoms with E-state index in [1.807, 2.05) is 34.7 Å². The van der Waals surface area contributed by atoms with Crippen molar-refractivity contribution in [3.8, 4) is 11.3 Å². The van der Waals surface area contributed by atoms with Crippen LogP contribution in [0.5, 0.6) is 0 Å². The third kappa shape index (κ3) is 2.26. The van der Waals surface area contributed by atoms with Crippen molar-refractivity contribution in [3.63, 3.8) is 0 Å². The first kappa shape index (κ1) is 12.6. The van der Waals surface area contributed by atoms with Crippen LogP contribution < -0.4 is 5.43 Å². The molecule has 0 spiro atoms. The predicted octanol–water partition coefficient (Wildman–Crippen LogP) is 4.11. The lowest BCUT2D eigenvalue weighted by atomic mass is 10.1. The summed E-state index contributed by atoms with van der Waals surface area (Å²) in [6.45, 7) is 0. The van der Waals surface area contributed by atoms with Gasteiger partial charge in [0, 0.05) is 11.8 Å². The Morgan fingerprint density at radius 1 is 1.21 bits per heavy atom. The summed E-state index contributed by atoms with van der Waals surface area (Å²) in [7, 11) is 0. The average molecular weight is 384 g/mol. The molecule has 0 amide bonds. The smallest absolute Gasteiger partial charge is 0.206 e. The maximum Gasteiger partial charge on any atom is 0.206 e.